The van der Waals surface area contributed by atoms with E-state index in [1.165, 1.54) is 25.7 Å². The third kappa shape index (κ3) is 3.10. The van der Waals surface area contributed by atoms with Crippen molar-refractivity contribution in [2.75, 3.05) is 6.54 Å². The summed E-state index contributed by atoms with van der Waals surface area (Å²) in [5.41, 5.74) is 7.69. The molecule has 0 aliphatic heterocycles. The zero-order chi connectivity index (χ0) is 13.0. The lowest BCUT2D eigenvalue weighted by molar-refractivity contribution is 0.0943. The lowest BCUT2D eigenvalue weighted by atomic mass is 10.0. The van der Waals surface area contributed by atoms with Crippen molar-refractivity contribution < 1.29 is 4.79 Å². The minimum atomic E-state index is 0.0210. The number of nitrogens with two attached hydrogens (primary N) is 1. The minimum Gasteiger partial charge on any atom is -0.351 e. The van der Waals surface area contributed by atoms with Crippen molar-refractivity contribution in [2.24, 2.45) is 11.1 Å². The average molecular weight is 246 g/mol. The molecule has 0 bridgehead atoms. The van der Waals surface area contributed by atoms with Crippen LogP contribution in [0.3, 0.4) is 0 Å². The van der Waals surface area contributed by atoms with Crippen LogP contribution in [-0.4, -0.2) is 12.5 Å². The van der Waals surface area contributed by atoms with Gasteiger partial charge in [0.25, 0.3) is 5.91 Å². The lowest BCUT2D eigenvalue weighted by Crippen LogP contribution is -2.30. The van der Waals surface area contributed by atoms with Crippen LogP contribution in [0, 0.1) is 5.41 Å². The van der Waals surface area contributed by atoms with Crippen LogP contribution in [0.2, 0.25) is 0 Å². The molecule has 3 nitrogen and oxygen atoms in total. The Bertz CT molecular complexity index is 424. The third-order valence-corrected chi connectivity index (χ3v) is 3.79. The molecule has 0 heterocycles. The first kappa shape index (κ1) is 13.1. The largest absolute Gasteiger partial charge is 0.351 e. The number of carbonyl (C=O) groups is 1. The maximum atomic E-state index is 12.0. The van der Waals surface area contributed by atoms with Crippen LogP contribution in [0.15, 0.2) is 24.3 Å². The number of nitrogens with one attached hydrogen (secondary N) is 1. The highest BCUT2D eigenvalue weighted by molar-refractivity contribution is 5.94. The molecule has 1 aromatic carbocycles. The quantitative estimate of drug-likeness (QED) is 0.810. The summed E-state index contributed by atoms with van der Waals surface area (Å²) in [7, 11) is 0. The van der Waals surface area contributed by atoms with Crippen LogP contribution >= 0.6 is 0 Å². The molecule has 98 valence electrons. The summed E-state index contributed by atoms with van der Waals surface area (Å²) < 4.78 is 0. The summed E-state index contributed by atoms with van der Waals surface area (Å²) in [5, 5.41) is 3.06. The Kier molecular flexibility index (Phi) is 4.02. The van der Waals surface area contributed by atoms with Crippen LogP contribution in [0.4, 0.5) is 0 Å². The van der Waals surface area contributed by atoms with E-state index in [4.69, 9.17) is 5.73 Å². The molecular weight excluding hydrogens is 224 g/mol. The van der Waals surface area contributed by atoms with Gasteiger partial charge >= 0.3 is 0 Å². The minimum absolute atomic E-state index is 0.0210. The van der Waals surface area contributed by atoms with E-state index >= 15 is 0 Å². The van der Waals surface area contributed by atoms with E-state index in [0.29, 0.717) is 17.5 Å². The second-order valence-electron chi connectivity index (χ2n) is 5.34. The molecule has 0 atom stereocenters. The highest BCUT2D eigenvalue weighted by Crippen LogP contribution is 2.48. The molecule has 18 heavy (non-hydrogen) atoms. The first-order valence-electron chi connectivity index (χ1n) is 6.76. The molecule has 1 saturated carbocycles. The van der Waals surface area contributed by atoms with Gasteiger partial charge in [-0.25, -0.2) is 0 Å². The molecule has 0 aromatic heterocycles. The standard InChI is InChI=1S/C15H22N2O/c1-2-6-15(7-8-15)11-17-14(18)13-5-3-4-12(9-13)10-16/h3-5,9H,2,6-8,10-11,16H2,1H3,(H,17,18). The molecule has 1 aliphatic rings. The van der Waals surface area contributed by atoms with Gasteiger partial charge in [-0.2, -0.15) is 0 Å². The average Bonchev–Trinajstić information content (AvgIpc) is 3.17. The molecule has 1 amide bonds. The second kappa shape index (κ2) is 5.53. The SMILES string of the molecule is CCCC1(CNC(=O)c2cccc(CN)c2)CC1. The predicted octanol–water partition coefficient (Wildman–Crippen LogP) is 2.46. The van der Waals surface area contributed by atoms with E-state index in [1.807, 2.05) is 24.3 Å². The van der Waals surface area contributed by atoms with Gasteiger partial charge < -0.3 is 11.1 Å². The summed E-state index contributed by atoms with van der Waals surface area (Å²) >= 11 is 0. The Morgan fingerprint density at radius 3 is 2.83 bits per heavy atom. The van der Waals surface area contributed by atoms with Gasteiger partial charge in [0, 0.05) is 18.7 Å². The number of carbonyl (C=O) groups excluding carboxylic acids is 1. The number of hydrogen-bond acceptors (Lipinski definition) is 2. The summed E-state index contributed by atoms with van der Waals surface area (Å²) in [6.07, 6.45) is 4.92. The lowest BCUT2D eigenvalue weighted by Gasteiger charge is -2.15. The molecule has 0 saturated heterocycles. The van der Waals surface area contributed by atoms with E-state index < -0.39 is 0 Å². The van der Waals surface area contributed by atoms with Gasteiger partial charge in [-0.15, -0.1) is 0 Å². The smallest absolute Gasteiger partial charge is 0.251 e. The molecule has 0 unspecified atom stereocenters. The molecule has 1 aliphatic carbocycles. The number of hydrogen-bond donors (Lipinski definition) is 2. The van der Waals surface area contributed by atoms with Crippen LogP contribution in [0.5, 0.6) is 0 Å². The van der Waals surface area contributed by atoms with Crippen LogP contribution < -0.4 is 11.1 Å². The Morgan fingerprint density at radius 1 is 1.44 bits per heavy atom. The van der Waals surface area contributed by atoms with Gasteiger partial charge in [-0.05, 0) is 42.4 Å². The Hall–Kier alpha value is -1.35. The first-order chi connectivity index (χ1) is 8.69. The van der Waals surface area contributed by atoms with Gasteiger partial charge in [0.05, 0.1) is 0 Å². The molecule has 0 radical (unpaired) electrons. The van der Waals surface area contributed by atoms with Gasteiger partial charge in [-0.3, -0.25) is 4.79 Å². The van der Waals surface area contributed by atoms with Crippen LogP contribution in [-0.2, 0) is 6.54 Å². The van der Waals surface area contributed by atoms with Crippen molar-refractivity contribution in [1.82, 2.24) is 5.32 Å². The Labute approximate surface area is 109 Å². The molecule has 1 fully saturated rings. The van der Waals surface area contributed by atoms with E-state index in [-0.39, 0.29) is 5.91 Å². The second-order valence-corrected chi connectivity index (χ2v) is 5.34. The maximum absolute atomic E-state index is 12.0. The Morgan fingerprint density at radius 2 is 2.22 bits per heavy atom. The molecule has 2 rings (SSSR count). The maximum Gasteiger partial charge on any atom is 0.251 e. The Balaban J connectivity index is 1.91. The van der Waals surface area contributed by atoms with Crippen molar-refractivity contribution in [2.45, 2.75) is 39.2 Å². The van der Waals surface area contributed by atoms with E-state index in [2.05, 4.69) is 12.2 Å². The molecule has 3 N–H and O–H groups in total. The van der Waals surface area contributed by atoms with Gasteiger partial charge in [0.15, 0.2) is 0 Å². The van der Waals surface area contributed by atoms with Gasteiger partial charge in [0.1, 0.15) is 0 Å². The fourth-order valence-electron chi connectivity index (χ4n) is 2.43. The molecule has 1 aromatic rings. The summed E-state index contributed by atoms with van der Waals surface area (Å²) in [6, 6.07) is 7.54. The van der Waals surface area contributed by atoms with Crippen LogP contribution in [0.1, 0.15) is 48.5 Å². The van der Waals surface area contributed by atoms with E-state index in [9.17, 15) is 4.79 Å². The topological polar surface area (TPSA) is 55.1 Å². The number of benzene rings is 1. The van der Waals surface area contributed by atoms with Gasteiger partial charge in [-0.1, -0.05) is 25.5 Å². The monoisotopic (exact) mass is 246 g/mol. The summed E-state index contributed by atoms with van der Waals surface area (Å²) in [4.78, 5) is 12.0. The fourth-order valence-corrected chi connectivity index (χ4v) is 2.43. The zero-order valence-corrected chi connectivity index (χ0v) is 11.0. The van der Waals surface area contributed by atoms with E-state index in [0.717, 1.165) is 12.1 Å². The fraction of sp³-hybridized carbons (Fsp3) is 0.533. The number of rotatable bonds is 6. The first-order valence-corrected chi connectivity index (χ1v) is 6.76. The highest BCUT2D eigenvalue weighted by atomic mass is 16.1. The molecule has 3 heteroatoms. The van der Waals surface area contributed by atoms with Crippen molar-refractivity contribution in [3.05, 3.63) is 35.4 Å². The van der Waals surface area contributed by atoms with Crippen LogP contribution in [0.25, 0.3) is 0 Å². The van der Waals surface area contributed by atoms with Crippen molar-refractivity contribution >= 4 is 5.91 Å². The number of amides is 1. The van der Waals surface area contributed by atoms with E-state index in [1.54, 1.807) is 0 Å². The third-order valence-electron chi connectivity index (χ3n) is 3.79. The molecular formula is C15H22N2O. The van der Waals surface area contributed by atoms with Crippen molar-refractivity contribution in [3.8, 4) is 0 Å². The summed E-state index contributed by atoms with van der Waals surface area (Å²) in [6.45, 7) is 3.49. The predicted molar refractivity (Wildman–Crippen MR) is 73.2 cm³/mol. The normalized spacial score (nSPS) is 16.3. The highest BCUT2D eigenvalue weighted by Gasteiger charge is 2.41. The zero-order valence-electron chi connectivity index (χ0n) is 11.0. The van der Waals surface area contributed by atoms with Gasteiger partial charge in [0.2, 0.25) is 0 Å². The summed E-state index contributed by atoms with van der Waals surface area (Å²) in [5.74, 6) is 0.0210. The molecule has 0 spiro atoms. The van der Waals surface area contributed by atoms with Crippen molar-refractivity contribution in [1.29, 1.82) is 0 Å². The van der Waals surface area contributed by atoms with Crippen molar-refractivity contribution in [3.63, 3.8) is 0 Å².